The molecule has 1 atom stereocenters. The fourth-order valence-electron chi connectivity index (χ4n) is 0.458. The molecule has 0 spiro atoms. The summed E-state index contributed by atoms with van der Waals surface area (Å²) in [5.74, 6) is -1.50. The molecule has 5 nitrogen and oxygen atoms in total. The van der Waals surface area contributed by atoms with E-state index >= 15 is 0 Å². The third-order valence-electron chi connectivity index (χ3n) is 0.902. The fraction of sp³-hybridized carbons (Fsp3) is 0.500. The minimum absolute atomic E-state index is 0.564. The van der Waals surface area contributed by atoms with Crippen LogP contribution in [-0.4, -0.2) is 31.3 Å². The predicted molar refractivity (Wildman–Crippen MR) is 35.7 cm³/mol. The molecule has 0 aliphatic heterocycles. The van der Waals surface area contributed by atoms with Gasteiger partial charge >= 0.3 is 5.97 Å². The second-order valence-electron chi connectivity index (χ2n) is 1.77. The van der Waals surface area contributed by atoms with Crippen molar-refractivity contribution in [3.05, 3.63) is 0 Å². The van der Waals surface area contributed by atoms with Gasteiger partial charge in [-0.2, -0.15) is 0 Å². The lowest BCUT2D eigenvalue weighted by molar-refractivity contribution is -0.146. The van der Waals surface area contributed by atoms with E-state index in [0.717, 1.165) is 14.0 Å². The van der Waals surface area contributed by atoms with E-state index in [9.17, 15) is 14.4 Å². The molecule has 5 heteroatoms. The van der Waals surface area contributed by atoms with Crippen LogP contribution in [-0.2, 0) is 19.1 Å². The number of amides is 1. The predicted octanol–water partition coefficient (Wildman–Crippen LogP) is -1.14. The summed E-state index contributed by atoms with van der Waals surface area (Å²) in [6.45, 7) is 1.14. The zero-order valence-electron chi connectivity index (χ0n) is 7.21. The summed E-state index contributed by atoms with van der Waals surface area (Å²) in [5, 5.41) is 1.98. The lowest BCUT2D eigenvalue weighted by Gasteiger charge is -2.07. The monoisotopic (exact) mass is 160 g/mol. The fourth-order valence-corrected chi connectivity index (χ4v) is 0.458. The number of esters is 1. The normalized spacial score (nSPS) is 12.7. The van der Waals surface area contributed by atoms with Crippen LogP contribution in [0.2, 0.25) is 0 Å². The maximum Gasteiger partial charge on any atom is 0.335 e. The zero-order valence-corrected chi connectivity index (χ0v) is 6.21. The van der Waals surface area contributed by atoms with Crippen molar-refractivity contribution in [1.29, 1.82) is 0 Å². The van der Waals surface area contributed by atoms with Gasteiger partial charge in [-0.15, -0.1) is 0 Å². The Kier molecular flexibility index (Phi) is 3.11. The van der Waals surface area contributed by atoms with Crippen molar-refractivity contribution < 1.29 is 20.5 Å². The van der Waals surface area contributed by atoms with Crippen LogP contribution in [0.4, 0.5) is 0 Å². The number of methoxy groups -OCH3 is 1. The molecule has 0 aliphatic rings. The van der Waals surface area contributed by atoms with E-state index in [0.29, 0.717) is 0 Å². The molecule has 11 heavy (non-hydrogen) atoms. The smallest absolute Gasteiger partial charge is 0.335 e. The number of ether oxygens (including phenoxy) is 1. The molecule has 0 aliphatic carbocycles. The van der Waals surface area contributed by atoms with Crippen LogP contribution in [0.3, 0.4) is 0 Å². The first-order chi connectivity index (χ1) is 5.49. The minimum Gasteiger partial charge on any atom is -0.467 e. The van der Waals surface area contributed by atoms with Gasteiger partial charge in [0.15, 0.2) is 12.3 Å². The topological polar surface area (TPSA) is 72.5 Å². The second kappa shape index (κ2) is 4.43. The first-order valence-electron chi connectivity index (χ1n) is 3.34. The number of carbonyl (C=O) groups is 3. The van der Waals surface area contributed by atoms with Crippen molar-refractivity contribution in [3.8, 4) is 0 Å². The molecule has 0 fully saturated rings. The molecule has 0 rings (SSSR count). The van der Waals surface area contributed by atoms with Gasteiger partial charge in [-0.25, -0.2) is 4.79 Å². The average molecular weight is 160 g/mol. The van der Waals surface area contributed by atoms with Gasteiger partial charge in [-0.05, 0) is 0 Å². The van der Waals surface area contributed by atoms with E-state index in [1.165, 1.54) is 0 Å². The summed E-state index contributed by atoms with van der Waals surface area (Å²) in [4.78, 5) is 31.6. The van der Waals surface area contributed by atoms with E-state index in [4.69, 9.17) is 1.37 Å². The molecule has 0 saturated carbocycles. The van der Waals surface area contributed by atoms with Crippen molar-refractivity contribution in [1.82, 2.24) is 5.32 Å². The van der Waals surface area contributed by atoms with E-state index in [-0.39, 0.29) is 0 Å². The Morgan fingerprint density at radius 2 is 2.27 bits per heavy atom. The Labute approximate surface area is 65.1 Å². The molecule has 0 aromatic heterocycles. The lowest BCUT2D eigenvalue weighted by Crippen LogP contribution is -2.41. The highest BCUT2D eigenvalue weighted by Gasteiger charge is 2.18. The molecule has 1 amide bonds. The summed E-state index contributed by atoms with van der Waals surface area (Å²) in [6, 6.07) is -1.51. The summed E-state index contributed by atoms with van der Waals surface area (Å²) in [6.07, 6.45) is -1.20. The molecule has 0 saturated heterocycles. The van der Waals surface area contributed by atoms with E-state index in [2.05, 4.69) is 4.74 Å². The Morgan fingerprint density at radius 1 is 1.73 bits per heavy atom. The highest BCUT2D eigenvalue weighted by molar-refractivity contribution is 5.95. The summed E-state index contributed by atoms with van der Waals surface area (Å²) < 4.78 is 10.8. The standard InChI is InChI=1S/C6H9NO4/c1-4(9)7-5(3-8)6(10)11-2/h3,5H,1-2H3,(H,7,9)/i3D. The Morgan fingerprint density at radius 3 is 2.55 bits per heavy atom. The van der Waals surface area contributed by atoms with Gasteiger partial charge in [-0.1, -0.05) is 0 Å². The van der Waals surface area contributed by atoms with E-state index < -0.39 is 24.2 Å². The molecule has 62 valence electrons. The van der Waals surface area contributed by atoms with E-state index in [1.807, 2.05) is 5.32 Å². The van der Waals surface area contributed by atoms with Gasteiger partial charge in [0.2, 0.25) is 5.91 Å². The molecule has 0 aromatic rings. The van der Waals surface area contributed by atoms with Gasteiger partial charge in [0.05, 0.1) is 7.11 Å². The molecule has 1 N–H and O–H groups in total. The molecule has 0 heterocycles. The first-order valence-corrected chi connectivity index (χ1v) is 2.84. The van der Waals surface area contributed by atoms with Gasteiger partial charge in [0, 0.05) is 6.92 Å². The van der Waals surface area contributed by atoms with Crippen molar-refractivity contribution in [2.75, 3.05) is 7.11 Å². The van der Waals surface area contributed by atoms with Crippen LogP contribution in [0.15, 0.2) is 0 Å². The molecule has 0 bridgehead atoms. The van der Waals surface area contributed by atoms with Crippen LogP contribution < -0.4 is 5.32 Å². The van der Waals surface area contributed by atoms with Gasteiger partial charge in [0.1, 0.15) is 1.37 Å². The maximum absolute atomic E-state index is 10.7. The summed E-state index contributed by atoms with van der Waals surface area (Å²) in [7, 11) is 1.07. The van der Waals surface area contributed by atoms with Crippen molar-refractivity contribution in [2.45, 2.75) is 13.0 Å². The van der Waals surface area contributed by atoms with Crippen molar-refractivity contribution in [2.24, 2.45) is 0 Å². The van der Waals surface area contributed by atoms with Crippen LogP contribution in [0.1, 0.15) is 8.29 Å². The number of hydrogen-bond acceptors (Lipinski definition) is 4. The second-order valence-corrected chi connectivity index (χ2v) is 1.77. The number of hydrogen-bond donors (Lipinski definition) is 1. The Bertz CT molecular complexity index is 216. The largest absolute Gasteiger partial charge is 0.467 e. The maximum atomic E-state index is 10.7. The number of aldehydes is 1. The van der Waals surface area contributed by atoms with Gasteiger partial charge in [0.25, 0.3) is 0 Å². The molecule has 0 aromatic carbocycles. The molecular formula is C6H9NO4. The first kappa shape index (κ1) is 7.71. The minimum atomic E-state index is -1.51. The van der Waals surface area contributed by atoms with Crippen LogP contribution >= 0.6 is 0 Å². The van der Waals surface area contributed by atoms with Crippen LogP contribution in [0.25, 0.3) is 0 Å². The average Bonchev–Trinajstić information content (AvgIpc) is 1.98. The lowest BCUT2D eigenvalue weighted by atomic mass is 10.3. The highest BCUT2D eigenvalue weighted by Crippen LogP contribution is 1.82. The quantitative estimate of drug-likeness (QED) is 0.322. The summed E-state index contributed by atoms with van der Waals surface area (Å²) >= 11 is 0. The van der Waals surface area contributed by atoms with Crippen molar-refractivity contribution in [3.63, 3.8) is 0 Å². The van der Waals surface area contributed by atoms with Crippen LogP contribution in [0.5, 0.6) is 0 Å². The number of rotatable bonds is 3. The van der Waals surface area contributed by atoms with Crippen LogP contribution in [0, 0.1) is 0 Å². The highest BCUT2D eigenvalue weighted by atomic mass is 16.5. The van der Waals surface area contributed by atoms with Gasteiger partial charge in [-0.3, -0.25) is 4.79 Å². The summed E-state index contributed by atoms with van der Waals surface area (Å²) in [5.41, 5.74) is 0. The van der Waals surface area contributed by atoms with Crippen molar-refractivity contribution >= 4 is 18.1 Å². The zero-order chi connectivity index (χ0) is 9.72. The Hall–Kier alpha value is -1.39. The third kappa shape index (κ3) is 3.34. The third-order valence-corrected chi connectivity index (χ3v) is 0.902. The Balaban J connectivity index is 4.33. The SMILES string of the molecule is [2H]C(=O)C(NC(C)=O)C(=O)OC. The number of carbonyl (C=O) groups excluding carboxylic acids is 3. The molecule has 0 radical (unpaired) electrons. The number of nitrogens with one attached hydrogen (secondary N) is 1. The van der Waals surface area contributed by atoms with E-state index in [1.54, 1.807) is 0 Å². The molecule has 1 unspecified atom stereocenters. The van der Waals surface area contributed by atoms with Gasteiger partial charge < -0.3 is 14.8 Å². The molecular weight excluding hydrogens is 150 g/mol.